The maximum Gasteiger partial charge on any atom is 0.472 e. The first-order chi connectivity index (χ1) is 13.4. The van der Waals surface area contributed by atoms with Gasteiger partial charge in [-0.2, -0.15) is 0 Å². The number of carbonyl (C=O) groups is 2. The molecule has 2 aliphatic heterocycles. The molecule has 3 N–H and O–H groups in total. The van der Waals surface area contributed by atoms with Crippen LogP contribution in [0.15, 0.2) is 0 Å². The van der Waals surface area contributed by atoms with Crippen LogP contribution in [0.25, 0.3) is 0 Å². The summed E-state index contributed by atoms with van der Waals surface area (Å²) in [4.78, 5) is 34.5. The lowest BCUT2D eigenvalue weighted by molar-refractivity contribution is -0.117. The molecule has 0 radical (unpaired) electrons. The largest absolute Gasteiger partial charge is 0.472 e. The third-order valence-electron chi connectivity index (χ3n) is 4.21. The van der Waals surface area contributed by atoms with Gasteiger partial charge >= 0.3 is 13.9 Å². The van der Waals surface area contributed by atoms with Crippen LogP contribution in [0.1, 0.15) is 33.6 Å². The second kappa shape index (κ2) is 9.84. The third kappa shape index (κ3) is 7.30. The summed E-state index contributed by atoms with van der Waals surface area (Å²) in [5, 5.41) is 9.37. The SMILES string of the molecule is CC(C)(C)C(=O)SCCOP(=O)(O)OC[C@H]1CC[C@@H](N2CC(F)C(=N)NC2=O)O1. The Labute approximate surface area is 172 Å². The smallest absolute Gasteiger partial charge is 0.353 e. The van der Waals surface area contributed by atoms with Crippen molar-refractivity contribution in [3.05, 3.63) is 0 Å². The van der Waals surface area contributed by atoms with Crippen molar-refractivity contribution in [2.45, 2.75) is 52.1 Å². The Morgan fingerprint density at radius 1 is 1.45 bits per heavy atom. The molecule has 2 aliphatic rings. The Kier molecular flexibility index (Phi) is 8.23. The van der Waals surface area contributed by atoms with E-state index in [4.69, 9.17) is 19.2 Å². The van der Waals surface area contributed by atoms with Crippen LogP contribution >= 0.6 is 19.6 Å². The Morgan fingerprint density at radius 2 is 2.14 bits per heavy atom. The number of nitrogens with zero attached hydrogens (tertiary/aromatic N) is 1. The number of amides is 2. The lowest BCUT2D eigenvalue weighted by atomic mass is 10.00. The third-order valence-corrected chi connectivity index (χ3v) is 6.44. The Hall–Kier alpha value is -1.04. The molecule has 0 bridgehead atoms. The number of hydrogen-bond acceptors (Lipinski definition) is 8. The molecule has 2 unspecified atom stereocenters. The van der Waals surface area contributed by atoms with Crippen molar-refractivity contribution in [2.24, 2.45) is 5.41 Å². The van der Waals surface area contributed by atoms with Crippen LogP contribution in [0.2, 0.25) is 0 Å². The summed E-state index contributed by atoms with van der Waals surface area (Å²) in [6, 6.07) is -0.617. The number of carbonyl (C=O) groups excluding carboxylic acids is 2. The maximum atomic E-state index is 13.6. The maximum absolute atomic E-state index is 13.6. The van der Waals surface area contributed by atoms with E-state index < -0.39 is 43.6 Å². The summed E-state index contributed by atoms with van der Waals surface area (Å²) in [5.74, 6) is -0.264. The van der Waals surface area contributed by atoms with Crippen LogP contribution in [0, 0.1) is 10.8 Å². The highest BCUT2D eigenvalue weighted by Crippen LogP contribution is 2.44. The zero-order valence-corrected chi connectivity index (χ0v) is 18.3. The molecular weight excluding hydrogens is 428 g/mol. The molecule has 2 heterocycles. The molecular formula is C16H27FN3O7PS. The van der Waals surface area contributed by atoms with E-state index in [-0.39, 0.29) is 30.6 Å². The second-order valence-electron chi connectivity index (χ2n) is 7.74. The fourth-order valence-corrected chi connectivity index (χ4v) is 4.28. The topological polar surface area (TPSA) is 138 Å². The summed E-state index contributed by atoms with van der Waals surface area (Å²) >= 11 is 1.02. The second-order valence-corrected chi connectivity index (χ2v) is 10.3. The van der Waals surface area contributed by atoms with Crippen molar-refractivity contribution in [3.63, 3.8) is 0 Å². The van der Waals surface area contributed by atoms with Gasteiger partial charge in [0.15, 0.2) is 11.3 Å². The average Bonchev–Trinajstić information content (AvgIpc) is 3.08. The molecule has 4 atom stereocenters. The van der Waals surface area contributed by atoms with Gasteiger partial charge in [0, 0.05) is 11.2 Å². The average molecular weight is 455 g/mol. The molecule has 2 amide bonds. The number of halogens is 1. The van der Waals surface area contributed by atoms with Crippen molar-refractivity contribution in [1.82, 2.24) is 10.2 Å². The van der Waals surface area contributed by atoms with Gasteiger partial charge in [-0.1, -0.05) is 32.5 Å². The van der Waals surface area contributed by atoms with Crippen molar-refractivity contribution >= 4 is 36.6 Å². The number of phosphoric ester groups is 1. The number of ether oxygens (including phenoxy) is 1. The van der Waals surface area contributed by atoms with Gasteiger partial charge in [0.1, 0.15) is 12.1 Å². The number of hydrogen-bond donors (Lipinski definition) is 3. The van der Waals surface area contributed by atoms with Gasteiger partial charge in [-0.25, -0.2) is 13.8 Å². The minimum atomic E-state index is -4.31. The fourth-order valence-electron chi connectivity index (χ4n) is 2.62. The minimum Gasteiger partial charge on any atom is -0.353 e. The Balaban J connectivity index is 1.70. The fraction of sp³-hybridized carbons (Fsp3) is 0.812. The molecule has 13 heteroatoms. The van der Waals surface area contributed by atoms with Gasteiger partial charge in [-0.15, -0.1) is 0 Å². The molecule has 0 saturated carbocycles. The number of nitrogens with one attached hydrogen (secondary N) is 2. The molecule has 0 aromatic carbocycles. The highest BCUT2D eigenvalue weighted by Gasteiger charge is 2.39. The molecule has 29 heavy (non-hydrogen) atoms. The zero-order valence-electron chi connectivity index (χ0n) is 16.6. The van der Waals surface area contributed by atoms with Gasteiger partial charge in [-0.3, -0.25) is 29.5 Å². The van der Waals surface area contributed by atoms with Crippen LogP contribution < -0.4 is 5.32 Å². The van der Waals surface area contributed by atoms with Gasteiger partial charge in [0.05, 0.1) is 25.9 Å². The predicted molar refractivity (Wildman–Crippen MR) is 104 cm³/mol. The first-order valence-electron chi connectivity index (χ1n) is 9.14. The first kappa shape index (κ1) is 24.2. The first-order valence-corrected chi connectivity index (χ1v) is 11.6. The molecule has 2 rings (SSSR count). The highest BCUT2D eigenvalue weighted by atomic mass is 32.2. The van der Waals surface area contributed by atoms with Crippen LogP contribution in [0.5, 0.6) is 0 Å². The minimum absolute atomic E-state index is 0.0485. The number of alkyl halides is 1. The standard InChI is InChI=1S/C16H27FN3O7PS/c1-16(2,3)14(21)29-7-6-25-28(23,24)26-9-10-4-5-12(27-10)20-8-11(17)13(18)19-15(20)22/h10-12H,4-9H2,1-3H3,(H,23,24)(H2,18,19,22)/t10-,11?,12+/m1/s1. The van der Waals surface area contributed by atoms with Crippen molar-refractivity contribution in [2.75, 3.05) is 25.5 Å². The van der Waals surface area contributed by atoms with E-state index in [2.05, 4.69) is 5.32 Å². The number of rotatable bonds is 8. The lowest BCUT2D eigenvalue weighted by Gasteiger charge is -2.34. The Bertz CT molecular complexity index is 690. The van der Waals surface area contributed by atoms with Crippen LogP contribution in [-0.2, 0) is 23.1 Å². The summed E-state index contributed by atoms with van der Waals surface area (Å²) in [5.41, 5.74) is -0.506. The van der Waals surface area contributed by atoms with Crippen LogP contribution in [0.3, 0.4) is 0 Å². The Morgan fingerprint density at radius 3 is 2.79 bits per heavy atom. The molecule has 2 saturated heterocycles. The van der Waals surface area contributed by atoms with E-state index in [0.717, 1.165) is 16.7 Å². The number of amidine groups is 1. The lowest BCUT2D eigenvalue weighted by Crippen LogP contribution is -2.58. The van der Waals surface area contributed by atoms with Gasteiger partial charge in [0.25, 0.3) is 0 Å². The predicted octanol–water partition coefficient (Wildman–Crippen LogP) is 2.27. The molecule has 166 valence electrons. The summed E-state index contributed by atoms with van der Waals surface area (Å²) in [6.45, 7) is 4.70. The van der Waals surface area contributed by atoms with Gasteiger partial charge < -0.3 is 9.63 Å². The summed E-state index contributed by atoms with van der Waals surface area (Å²) in [7, 11) is -4.31. The van der Waals surface area contributed by atoms with E-state index in [1.807, 2.05) is 0 Å². The molecule has 0 aromatic heterocycles. The summed E-state index contributed by atoms with van der Waals surface area (Å²) in [6.07, 6.45) is -2.02. The quantitative estimate of drug-likeness (QED) is 0.374. The monoisotopic (exact) mass is 455 g/mol. The molecule has 2 fully saturated rings. The number of phosphoric acid groups is 1. The van der Waals surface area contributed by atoms with E-state index in [9.17, 15) is 23.4 Å². The number of thioether (sulfide) groups is 1. The van der Waals surface area contributed by atoms with Gasteiger partial charge in [0.2, 0.25) is 0 Å². The number of urea groups is 1. The summed E-state index contributed by atoms with van der Waals surface area (Å²) < 4.78 is 41.0. The molecule has 0 spiro atoms. The highest BCUT2D eigenvalue weighted by molar-refractivity contribution is 8.13. The van der Waals surface area contributed by atoms with Crippen LogP contribution in [0.4, 0.5) is 9.18 Å². The zero-order chi connectivity index (χ0) is 21.8. The van der Waals surface area contributed by atoms with Crippen molar-refractivity contribution < 1.29 is 37.2 Å². The normalized spacial score (nSPS) is 27.6. The van der Waals surface area contributed by atoms with Crippen molar-refractivity contribution in [3.8, 4) is 0 Å². The van der Waals surface area contributed by atoms with Gasteiger partial charge in [-0.05, 0) is 12.8 Å². The van der Waals surface area contributed by atoms with Crippen molar-refractivity contribution in [1.29, 1.82) is 5.41 Å². The van der Waals surface area contributed by atoms with E-state index in [1.165, 1.54) is 0 Å². The van der Waals surface area contributed by atoms with E-state index in [1.54, 1.807) is 20.8 Å². The van der Waals surface area contributed by atoms with E-state index in [0.29, 0.717) is 12.8 Å². The molecule has 10 nitrogen and oxygen atoms in total. The van der Waals surface area contributed by atoms with Crippen LogP contribution in [-0.4, -0.2) is 70.8 Å². The van der Waals surface area contributed by atoms with E-state index >= 15 is 0 Å². The molecule has 0 aliphatic carbocycles. The molecule has 0 aromatic rings.